The zero-order valence-corrected chi connectivity index (χ0v) is 10.4. The average Bonchev–Trinajstić information content (AvgIpc) is 2.36. The number of halogens is 1. The smallest absolute Gasteiger partial charge is 0.320 e. The number of hydrogen-bond donors (Lipinski definition) is 0. The van der Waals surface area contributed by atoms with Crippen molar-refractivity contribution in [2.45, 2.75) is 0 Å². The van der Waals surface area contributed by atoms with Gasteiger partial charge in [-0.05, 0) is 46.6 Å². The Kier molecular flexibility index (Phi) is 3.20. The molecule has 0 aliphatic heterocycles. The Morgan fingerprint density at radius 2 is 1.82 bits per heavy atom. The molecule has 0 aromatic heterocycles. The Morgan fingerprint density at radius 1 is 1.18 bits per heavy atom. The van der Waals surface area contributed by atoms with Crippen molar-refractivity contribution >= 4 is 33.4 Å². The third kappa shape index (κ3) is 2.34. The highest BCUT2D eigenvalue weighted by atomic mass is 35.5. The number of nitrogens with zero attached hydrogens (tertiary/aromatic N) is 1. The molecule has 0 bridgehead atoms. The minimum Gasteiger partial charge on any atom is -0.497 e. The van der Waals surface area contributed by atoms with E-state index in [1.54, 1.807) is 14.2 Å². The van der Waals surface area contributed by atoms with Gasteiger partial charge in [0.05, 0.1) is 7.11 Å². The second-order valence-corrected chi connectivity index (χ2v) is 4.03. The van der Waals surface area contributed by atoms with Gasteiger partial charge < -0.3 is 9.64 Å². The molecule has 0 N–H and O–H groups in total. The molecule has 0 fully saturated rings. The molecule has 0 aliphatic carbocycles. The number of fused-ring (bicyclic) bond motifs is 1. The maximum atomic E-state index is 11.1. The summed E-state index contributed by atoms with van der Waals surface area (Å²) in [6.45, 7) is 0. The van der Waals surface area contributed by atoms with Crippen molar-refractivity contribution in [3.8, 4) is 5.75 Å². The summed E-state index contributed by atoms with van der Waals surface area (Å²) in [4.78, 5) is 12.4. The zero-order valence-electron chi connectivity index (χ0n) is 9.61. The zero-order chi connectivity index (χ0) is 12.4. The summed E-state index contributed by atoms with van der Waals surface area (Å²) in [7, 11) is 3.27. The van der Waals surface area contributed by atoms with Crippen LogP contribution in [-0.2, 0) is 0 Å². The number of amides is 1. The molecule has 1 amide bonds. The van der Waals surface area contributed by atoms with Crippen LogP contribution in [-0.4, -0.2) is 19.5 Å². The lowest BCUT2D eigenvalue weighted by Gasteiger charge is -2.14. The van der Waals surface area contributed by atoms with Crippen molar-refractivity contribution in [2.75, 3.05) is 19.1 Å². The third-order valence-corrected chi connectivity index (χ3v) is 2.94. The first kappa shape index (κ1) is 11.7. The number of rotatable bonds is 2. The SMILES string of the molecule is COc1ccc2cc(N(C)C(=O)Cl)ccc2c1. The number of carbonyl (C=O) groups excluding carboxylic acids is 1. The minimum absolute atomic E-state index is 0.502. The summed E-state index contributed by atoms with van der Waals surface area (Å²) in [6.07, 6.45) is 0. The summed E-state index contributed by atoms with van der Waals surface area (Å²) in [6, 6.07) is 11.5. The van der Waals surface area contributed by atoms with Crippen LogP contribution >= 0.6 is 11.6 Å². The fourth-order valence-electron chi connectivity index (χ4n) is 1.65. The first-order valence-electron chi connectivity index (χ1n) is 5.13. The summed E-state index contributed by atoms with van der Waals surface area (Å²) in [5.74, 6) is 0.812. The number of hydrogen-bond acceptors (Lipinski definition) is 2. The average molecular weight is 250 g/mol. The predicted octanol–water partition coefficient (Wildman–Crippen LogP) is 3.64. The van der Waals surface area contributed by atoms with Crippen molar-refractivity contribution in [1.82, 2.24) is 0 Å². The topological polar surface area (TPSA) is 29.5 Å². The lowest BCUT2D eigenvalue weighted by Crippen LogP contribution is -2.19. The first-order valence-corrected chi connectivity index (χ1v) is 5.50. The Balaban J connectivity index is 2.48. The molecule has 88 valence electrons. The molecule has 0 aliphatic rings. The number of benzene rings is 2. The molecule has 0 saturated carbocycles. The molecule has 0 radical (unpaired) electrons. The lowest BCUT2D eigenvalue weighted by molar-refractivity contribution is 0.265. The summed E-state index contributed by atoms with van der Waals surface area (Å²) < 4.78 is 5.15. The number of carbonyl (C=O) groups is 1. The summed E-state index contributed by atoms with van der Waals surface area (Å²) >= 11 is 5.43. The molecule has 0 unspecified atom stereocenters. The van der Waals surface area contributed by atoms with Gasteiger partial charge in [0, 0.05) is 12.7 Å². The van der Waals surface area contributed by atoms with E-state index in [0.29, 0.717) is 0 Å². The minimum atomic E-state index is -0.502. The van der Waals surface area contributed by atoms with Gasteiger partial charge in [-0.3, -0.25) is 4.79 Å². The molecule has 17 heavy (non-hydrogen) atoms. The number of ether oxygens (including phenoxy) is 1. The van der Waals surface area contributed by atoms with E-state index in [4.69, 9.17) is 16.3 Å². The molecule has 2 rings (SSSR count). The maximum Gasteiger partial charge on any atom is 0.320 e. The van der Waals surface area contributed by atoms with Crippen LogP contribution < -0.4 is 9.64 Å². The van der Waals surface area contributed by atoms with Crippen molar-refractivity contribution in [2.24, 2.45) is 0 Å². The molecule has 0 heterocycles. The van der Waals surface area contributed by atoms with Crippen LogP contribution in [0.25, 0.3) is 10.8 Å². The molecule has 4 heteroatoms. The van der Waals surface area contributed by atoms with Crippen LogP contribution in [0.2, 0.25) is 0 Å². The third-order valence-electron chi connectivity index (χ3n) is 2.68. The summed E-state index contributed by atoms with van der Waals surface area (Å²) in [5, 5.41) is 1.59. The van der Waals surface area contributed by atoms with Crippen molar-refractivity contribution < 1.29 is 9.53 Å². The van der Waals surface area contributed by atoms with Gasteiger partial charge in [0.25, 0.3) is 0 Å². The van der Waals surface area contributed by atoms with Gasteiger partial charge in [0.1, 0.15) is 5.75 Å². The van der Waals surface area contributed by atoms with Gasteiger partial charge in [-0.2, -0.15) is 0 Å². The highest BCUT2D eigenvalue weighted by molar-refractivity contribution is 6.66. The monoisotopic (exact) mass is 249 g/mol. The first-order chi connectivity index (χ1) is 8.11. The van der Waals surface area contributed by atoms with E-state index < -0.39 is 5.37 Å². The van der Waals surface area contributed by atoms with Gasteiger partial charge in [0.2, 0.25) is 0 Å². The van der Waals surface area contributed by atoms with Crippen LogP contribution in [0.3, 0.4) is 0 Å². The molecule has 3 nitrogen and oxygen atoms in total. The van der Waals surface area contributed by atoms with Crippen molar-refractivity contribution in [3.63, 3.8) is 0 Å². The normalized spacial score (nSPS) is 10.3. The number of anilines is 1. The Bertz CT molecular complexity index is 568. The Morgan fingerprint density at radius 3 is 2.47 bits per heavy atom. The molecular weight excluding hydrogens is 238 g/mol. The molecule has 0 atom stereocenters. The maximum absolute atomic E-state index is 11.1. The summed E-state index contributed by atoms with van der Waals surface area (Å²) in [5.41, 5.74) is 0.766. The van der Waals surface area contributed by atoms with E-state index in [9.17, 15) is 4.79 Å². The highest BCUT2D eigenvalue weighted by Gasteiger charge is 2.07. The van der Waals surface area contributed by atoms with Gasteiger partial charge in [-0.25, -0.2) is 0 Å². The molecular formula is C13H12ClNO2. The van der Waals surface area contributed by atoms with Crippen molar-refractivity contribution in [1.29, 1.82) is 0 Å². The fourth-order valence-corrected chi connectivity index (χ4v) is 1.75. The van der Waals surface area contributed by atoms with Crippen LogP contribution in [0.15, 0.2) is 36.4 Å². The van der Waals surface area contributed by atoms with E-state index in [-0.39, 0.29) is 0 Å². The van der Waals surface area contributed by atoms with Crippen LogP contribution in [0.5, 0.6) is 5.75 Å². The van der Waals surface area contributed by atoms with E-state index in [1.165, 1.54) is 4.90 Å². The largest absolute Gasteiger partial charge is 0.497 e. The standard InChI is InChI=1S/C13H12ClNO2/c1-15(13(14)16)11-5-3-10-8-12(17-2)6-4-9(10)7-11/h3-8H,1-2H3. The number of methoxy groups -OCH3 is 1. The highest BCUT2D eigenvalue weighted by Crippen LogP contribution is 2.25. The van der Waals surface area contributed by atoms with Gasteiger partial charge in [-0.15, -0.1) is 0 Å². The van der Waals surface area contributed by atoms with Gasteiger partial charge in [0.15, 0.2) is 0 Å². The lowest BCUT2D eigenvalue weighted by atomic mass is 10.1. The van der Waals surface area contributed by atoms with E-state index >= 15 is 0 Å². The van der Waals surface area contributed by atoms with E-state index in [2.05, 4.69) is 0 Å². The van der Waals surface area contributed by atoms with Gasteiger partial charge in [-0.1, -0.05) is 12.1 Å². The van der Waals surface area contributed by atoms with E-state index in [0.717, 1.165) is 22.2 Å². The second-order valence-electron chi connectivity index (χ2n) is 3.71. The van der Waals surface area contributed by atoms with Crippen LogP contribution in [0, 0.1) is 0 Å². The second kappa shape index (κ2) is 4.63. The molecule has 0 saturated heterocycles. The predicted molar refractivity (Wildman–Crippen MR) is 70.2 cm³/mol. The Labute approximate surface area is 105 Å². The van der Waals surface area contributed by atoms with E-state index in [1.807, 2.05) is 36.4 Å². The van der Waals surface area contributed by atoms with Crippen LogP contribution in [0.4, 0.5) is 10.5 Å². The quantitative estimate of drug-likeness (QED) is 0.601. The molecule has 0 spiro atoms. The van der Waals surface area contributed by atoms with Crippen molar-refractivity contribution in [3.05, 3.63) is 36.4 Å². The van der Waals surface area contributed by atoms with Crippen LogP contribution in [0.1, 0.15) is 0 Å². The molecule has 2 aromatic carbocycles. The van der Waals surface area contributed by atoms with Gasteiger partial charge >= 0.3 is 5.37 Å². The molecule has 2 aromatic rings. The Hall–Kier alpha value is -1.74. The fraction of sp³-hybridized carbons (Fsp3) is 0.154.